The minimum Gasteiger partial charge on any atom is -0.376 e. The van der Waals surface area contributed by atoms with Gasteiger partial charge in [0.25, 0.3) is 0 Å². The largest absolute Gasteiger partial charge is 0.376 e. The van der Waals surface area contributed by atoms with Gasteiger partial charge >= 0.3 is 0 Å². The first-order valence-electron chi connectivity index (χ1n) is 9.17. The lowest BCUT2D eigenvalue weighted by Crippen LogP contribution is -2.63. The van der Waals surface area contributed by atoms with Crippen LogP contribution in [0, 0.1) is 11.8 Å². The quantitative estimate of drug-likeness (QED) is 0.842. The molecule has 3 heteroatoms. The molecule has 21 heavy (non-hydrogen) atoms. The van der Waals surface area contributed by atoms with E-state index in [1.807, 2.05) is 0 Å². The summed E-state index contributed by atoms with van der Waals surface area (Å²) < 4.78 is 5.91. The molecule has 1 saturated heterocycles. The molecule has 1 saturated carbocycles. The SMILES string of the molecule is CCCNC1CC(C)CC(C)C1N1CC(C)OCC1CC. The molecule has 2 rings (SSSR count). The van der Waals surface area contributed by atoms with Crippen molar-refractivity contribution in [1.82, 2.24) is 10.2 Å². The van der Waals surface area contributed by atoms with Crippen LogP contribution in [0.2, 0.25) is 0 Å². The van der Waals surface area contributed by atoms with Crippen molar-refractivity contribution >= 4 is 0 Å². The topological polar surface area (TPSA) is 24.5 Å². The Balaban J connectivity index is 2.13. The predicted octanol–water partition coefficient (Wildman–Crippen LogP) is 3.29. The summed E-state index contributed by atoms with van der Waals surface area (Å²) in [4.78, 5) is 2.79. The third kappa shape index (κ3) is 4.20. The molecule has 0 spiro atoms. The molecule has 2 fully saturated rings. The molecule has 1 aliphatic heterocycles. The van der Waals surface area contributed by atoms with E-state index in [4.69, 9.17) is 4.74 Å². The second-order valence-electron chi connectivity index (χ2n) is 7.51. The molecular weight excluding hydrogens is 260 g/mol. The highest BCUT2D eigenvalue weighted by atomic mass is 16.5. The van der Waals surface area contributed by atoms with Crippen molar-refractivity contribution in [2.75, 3.05) is 19.7 Å². The van der Waals surface area contributed by atoms with Crippen LogP contribution in [-0.4, -0.2) is 48.8 Å². The monoisotopic (exact) mass is 296 g/mol. The highest BCUT2D eigenvalue weighted by Crippen LogP contribution is 2.35. The van der Waals surface area contributed by atoms with E-state index >= 15 is 0 Å². The molecule has 1 N–H and O–H groups in total. The molecule has 0 aromatic rings. The van der Waals surface area contributed by atoms with Gasteiger partial charge in [-0.05, 0) is 51.0 Å². The molecular formula is C18H36N2O. The van der Waals surface area contributed by atoms with Gasteiger partial charge in [-0.25, -0.2) is 0 Å². The number of rotatable bonds is 5. The van der Waals surface area contributed by atoms with Crippen molar-refractivity contribution in [3.63, 3.8) is 0 Å². The summed E-state index contributed by atoms with van der Waals surface area (Å²) in [6.45, 7) is 14.9. The van der Waals surface area contributed by atoms with Gasteiger partial charge in [-0.15, -0.1) is 0 Å². The fourth-order valence-corrected chi connectivity index (χ4v) is 4.52. The van der Waals surface area contributed by atoms with E-state index in [9.17, 15) is 0 Å². The zero-order valence-electron chi connectivity index (χ0n) is 14.8. The van der Waals surface area contributed by atoms with Crippen LogP contribution in [-0.2, 0) is 4.74 Å². The summed E-state index contributed by atoms with van der Waals surface area (Å²) in [5.41, 5.74) is 0. The van der Waals surface area contributed by atoms with Crippen molar-refractivity contribution < 1.29 is 4.74 Å². The highest BCUT2D eigenvalue weighted by Gasteiger charge is 2.41. The van der Waals surface area contributed by atoms with Crippen molar-refractivity contribution in [3.8, 4) is 0 Å². The molecule has 3 nitrogen and oxygen atoms in total. The summed E-state index contributed by atoms with van der Waals surface area (Å²) in [7, 11) is 0. The van der Waals surface area contributed by atoms with Crippen molar-refractivity contribution in [1.29, 1.82) is 0 Å². The summed E-state index contributed by atoms with van der Waals surface area (Å²) in [5.74, 6) is 1.63. The van der Waals surface area contributed by atoms with Crippen molar-refractivity contribution in [2.24, 2.45) is 11.8 Å². The molecule has 124 valence electrons. The lowest BCUT2D eigenvalue weighted by molar-refractivity contribution is -0.0946. The molecule has 6 unspecified atom stereocenters. The van der Waals surface area contributed by atoms with E-state index in [1.54, 1.807) is 0 Å². The van der Waals surface area contributed by atoms with Crippen LogP contribution in [0.15, 0.2) is 0 Å². The Morgan fingerprint density at radius 3 is 2.57 bits per heavy atom. The van der Waals surface area contributed by atoms with Crippen LogP contribution in [0.4, 0.5) is 0 Å². The predicted molar refractivity (Wildman–Crippen MR) is 89.6 cm³/mol. The number of hydrogen-bond acceptors (Lipinski definition) is 3. The first-order chi connectivity index (χ1) is 10.1. The molecule has 0 amide bonds. The second-order valence-corrected chi connectivity index (χ2v) is 7.51. The highest BCUT2D eigenvalue weighted by molar-refractivity contribution is 4.97. The third-order valence-electron chi connectivity index (χ3n) is 5.45. The second kappa shape index (κ2) is 7.94. The molecule has 1 heterocycles. The van der Waals surface area contributed by atoms with Crippen LogP contribution in [0.5, 0.6) is 0 Å². The minimum absolute atomic E-state index is 0.381. The molecule has 0 radical (unpaired) electrons. The third-order valence-corrected chi connectivity index (χ3v) is 5.45. The Bertz CT molecular complexity index is 310. The van der Waals surface area contributed by atoms with Crippen molar-refractivity contribution in [2.45, 2.75) is 84.5 Å². The first kappa shape index (κ1) is 17.2. The van der Waals surface area contributed by atoms with Crippen LogP contribution in [0.25, 0.3) is 0 Å². The molecule has 2 aliphatic rings. The van der Waals surface area contributed by atoms with E-state index in [-0.39, 0.29) is 0 Å². The number of ether oxygens (including phenoxy) is 1. The van der Waals surface area contributed by atoms with Gasteiger partial charge in [0.1, 0.15) is 0 Å². The van der Waals surface area contributed by atoms with Crippen LogP contribution >= 0.6 is 0 Å². The summed E-state index contributed by atoms with van der Waals surface area (Å²) >= 11 is 0. The Morgan fingerprint density at radius 1 is 1.14 bits per heavy atom. The fourth-order valence-electron chi connectivity index (χ4n) is 4.52. The normalized spacial score (nSPS) is 42.1. The maximum atomic E-state index is 5.91. The molecule has 1 aliphatic carbocycles. The van der Waals surface area contributed by atoms with Gasteiger partial charge in [0.2, 0.25) is 0 Å². The average molecular weight is 296 g/mol. The summed E-state index contributed by atoms with van der Waals surface area (Å²) in [6, 6.07) is 1.94. The molecule has 0 bridgehead atoms. The standard InChI is InChI=1S/C18H36N2O/c1-6-8-19-17-10-13(3)9-14(4)18(17)20-11-15(5)21-12-16(20)7-2/h13-19H,6-12H2,1-5H3. The zero-order chi connectivity index (χ0) is 15.4. The van der Waals surface area contributed by atoms with Gasteiger partial charge in [0.05, 0.1) is 12.7 Å². The van der Waals surface area contributed by atoms with E-state index in [1.165, 1.54) is 25.7 Å². The lowest BCUT2D eigenvalue weighted by Gasteiger charge is -2.51. The van der Waals surface area contributed by atoms with Gasteiger partial charge in [-0.1, -0.05) is 27.7 Å². The van der Waals surface area contributed by atoms with E-state index in [2.05, 4.69) is 44.8 Å². The van der Waals surface area contributed by atoms with Crippen molar-refractivity contribution in [3.05, 3.63) is 0 Å². The van der Waals surface area contributed by atoms with Gasteiger partial charge < -0.3 is 10.1 Å². The Morgan fingerprint density at radius 2 is 1.90 bits per heavy atom. The van der Waals surface area contributed by atoms with E-state index < -0.39 is 0 Å². The summed E-state index contributed by atoms with van der Waals surface area (Å²) in [5, 5.41) is 3.86. The van der Waals surface area contributed by atoms with Gasteiger partial charge in [-0.3, -0.25) is 4.90 Å². The van der Waals surface area contributed by atoms with Crippen LogP contribution in [0.3, 0.4) is 0 Å². The Hall–Kier alpha value is -0.120. The average Bonchev–Trinajstić information content (AvgIpc) is 2.44. The maximum absolute atomic E-state index is 5.91. The molecule has 0 aromatic carbocycles. The Labute approximate surface area is 131 Å². The molecule has 0 aromatic heterocycles. The van der Waals surface area contributed by atoms with E-state index in [0.717, 1.165) is 31.5 Å². The minimum atomic E-state index is 0.381. The number of nitrogens with one attached hydrogen (secondary N) is 1. The van der Waals surface area contributed by atoms with Gasteiger partial charge in [0.15, 0.2) is 0 Å². The smallest absolute Gasteiger partial charge is 0.0674 e. The first-order valence-corrected chi connectivity index (χ1v) is 9.17. The van der Waals surface area contributed by atoms with Gasteiger partial charge in [-0.2, -0.15) is 0 Å². The Kier molecular flexibility index (Phi) is 6.51. The maximum Gasteiger partial charge on any atom is 0.0674 e. The summed E-state index contributed by atoms with van der Waals surface area (Å²) in [6.07, 6.45) is 5.51. The number of morpholine rings is 1. The molecule has 6 atom stereocenters. The lowest BCUT2D eigenvalue weighted by atomic mass is 9.75. The van der Waals surface area contributed by atoms with E-state index in [0.29, 0.717) is 24.2 Å². The zero-order valence-corrected chi connectivity index (χ0v) is 14.8. The number of hydrogen-bond donors (Lipinski definition) is 1. The van der Waals surface area contributed by atoms with Crippen LogP contribution < -0.4 is 5.32 Å². The number of nitrogens with zero attached hydrogens (tertiary/aromatic N) is 1. The fraction of sp³-hybridized carbons (Fsp3) is 1.00. The van der Waals surface area contributed by atoms with Crippen LogP contribution in [0.1, 0.15) is 60.3 Å². The van der Waals surface area contributed by atoms with Gasteiger partial charge in [0, 0.05) is 24.7 Å².